The van der Waals surface area contributed by atoms with Crippen molar-refractivity contribution < 1.29 is 9.59 Å². The van der Waals surface area contributed by atoms with E-state index in [9.17, 15) is 9.59 Å². The molecule has 0 aliphatic carbocycles. The van der Waals surface area contributed by atoms with Gasteiger partial charge in [0.2, 0.25) is 5.91 Å². The van der Waals surface area contributed by atoms with Gasteiger partial charge in [0.15, 0.2) is 5.78 Å². The molecule has 164 valence electrons. The first-order valence-electron chi connectivity index (χ1n) is 11.2. The van der Waals surface area contributed by atoms with Gasteiger partial charge in [-0.05, 0) is 29.2 Å². The number of anilines is 1. The Morgan fingerprint density at radius 3 is 1.64 bits per heavy atom. The van der Waals surface area contributed by atoms with Crippen LogP contribution in [0.5, 0.6) is 0 Å². The molecule has 0 heterocycles. The molecule has 3 heteroatoms. The highest BCUT2D eigenvalue weighted by molar-refractivity contribution is 6.08. The van der Waals surface area contributed by atoms with Gasteiger partial charge in [-0.15, -0.1) is 0 Å². The Kier molecular flexibility index (Phi) is 7.11. The Bertz CT molecular complexity index is 1180. The molecule has 0 fully saturated rings. The minimum atomic E-state index is -0.758. The molecule has 1 amide bonds. The molecule has 0 aliphatic rings. The molecule has 33 heavy (non-hydrogen) atoms. The lowest BCUT2D eigenvalue weighted by Crippen LogP contribution is -2.39. The van der Waals surface area contributed by atoms with Crippen LogP contribution in [0.4, 0.5) is 5.69 Å². The maximum absolute atomic E-state index is 13.9. The third-order valence-corrected chi connectivity index (χ3v) is 5.83. The largest absolute Gasteiger partial charge is 0.297 e. The van der Waals surface area contributed by atoms with E-state index in [2.05, 4.69) is 0 Å². The monoisotopic (exact) mass is 433 g/mol. The fourth-order valence-electron chi connectivity index (χ4n) is 4.10. The molecule has 0 saturated carbocycles. The second kappa shape index (κ2) is 10.6. The maximum atomic E-state index is 13.9. The van der Waals surface area contributed by atoms with Gasteiger partial charge in [-0.25, -0.2) is 0 Å². The first kappa shape index (κ1) is 22.2. The van der Waals surface area contributed by atoms with Crippen molar-refractivity contribution in [1.82, 2.24) is 0 Å². The van der Waals surface area contributed by atoms with Crippen molar-refractivity contribution in [3.05, 3.63) is 138 Å². The summed E-state index contributed by atoms with van der Waals surface area (Å²) in [5.74, 6) is -0.171. The molecule has 4 aromatic rings. The number of nitrogens with zero attached hydrogens (tertiary/aromatic N) is 1. The van der Waals surface area contributed by atoms with Crippen LogP contribution in [0.25, 0.3) is 0 Å². The average molecular weight is 434 g/mol. The quantitative estimate of drug-likeness (QED) is 0.285. The molecule has 4 aromatic carbocycles. The maximum Gasteiger partial charge on any atom is 0.228 e. The molecule has 2 atom stereocenters. The molecule has 3 nitrogen and oxygen atoms in total. The topological polar surface area (TPSA) is 37.4 Å². The molecular formula is C30H27NO2. The molecule has 2 unspecified atom stereocenters. The lowest BCUT2D eigenvalue weighted by Gasteiger charge is -2.32. The number of Topliss-reactive ketones (excluding diaryl/α,β-unsaturated/α-hetero) is 1. The van der Waals surface area contributed by atoms with Crippen LogP contribution in [0.15, 0.2) is 121 Å². The van der Waals surface area contributed by atoms with Gasteiger partial charge in [-0.3, -0.25) is 14.5 Å². The molecular weight excluding hydrogens is 406 g/mol. The van der Waals surface area contributed by atoms with E-state index in [1.54, 1.807) is 17.0 Å². The summed E-state index contributed by atoms with van der Waals surface area (Å²) in [6, 6.07) is 37.5. The van der Waals surface area contributed by atoms with E-state index < -0.39 is 6.04 Å². The normalized spacial score (nSPS) is 12.5. The highest BCUT2D eigenvalue weighted by atomic mass is 16.2. The van der Waals surface area contributed by atoms with Gasteiger partial charge in [0.05, 0.1) is 0 Å². The van der Waals surface area contributed by atoms with Crippen molar-refractivity contribution in [2.24, 2.45) is 0 Å². The van der Waals surface area contributed by atoms with Crippen LogP contribution in [0.2, 0.25) is 0 Å². The number of benzene rings is 4. The zero-order valence-corrected chi connectivity index (χ0v) is 18.7. The van der Waals surface area contributed by atoms with Crippen molar-refractivity contribution in [1.29, 1.82) is 0 Å². The summed E-state index contributed by atoms with van der Waals surface area (Å²) in [7, 11) is 0. The smallest absolute Gasteiger partial charge is 0.228 e. The Balaban J connectivity index is 1.77. The van der Waals surface area contributed by atoms with Gasteiger partial charge in [-0.1, -0.05) is 116 Å². The number of carbonyl (C=O) groups is 2. The van der Waals surface area contributed by atoms with E-state index in [0.29, 0.717) is 17.7 Å². The van der Waals surface area contributed by atoms with Gasteiger partial charge < -0.3 is 0 Å². The summed E-state index contributed by atoms with van der Waals surface area (Å²) in [6.07, 6.45) is 0.296. The standard InChI is InChI=1S/C30H27NO2/c1-23(24-14-6-2-7-15-24)22-28(32)31(27-20-12-5-13-21-27)29(25-16-8-3-9-17-25)30(33)26-18-10-4-11-19-26/h2-21,23,29H,22H2,1H3. The SMILES string of the molecule is CC(CC(=O)N(c1ccccc1)C(C(=O)c1ccccc1)c1ccccc1)c1ccccc1. The van der Waals surface area contributed by atoms with Crippen LogP contribution in [0.1, 0.15) is 46.8 Å². The lowest BCUT2D eigenvalue weighted by atomic mass is 9.93. The number of rotatable bonds is 8. The molecule has 4 rings (SSSR count). The molecule has 0 radical (unpaired) electrons. The van der Waals surface area contributed by atoms with Gasteiger partial charge in [-0.2, -0.15) is 0 Å². The zero-order valence-electron chi connectivity index (χ0n) is 18.7. The second-order valence-electron chi connectivity index (χ2n) is 8.16. The van der Waals surface area contributed by atoms with E-state index in [-0.39, 0.29) is 17.6 Å². The summed E-state index contributed by atoms with van der Waals surface area (Å²) in [5.41, 5.74) is 3.18. The number of carbonyl (C=O) groups excluding carboxylic acids is 2. The fraction of sp³-hybridized carbons (Fsp3) is 0.133. The van der Waals surface area contributed by atoms with Crippen molar-refractivity contribution in [3.63, 3.8) is 0 Å². The van der Waals surface area contributed by atoms with E-state index in [0.717, 1.165) is 11.1 Å². The Hall–Kier alpha value is -3.98. The van der Waals surface area contributed by atoms with Crippen molar-refractivity contribution >= 4 is 17.4 Å². The summed E-state index contributed by atoms with van der Waals surface area (Å²) in [4.78, 5) is 29.3. The van der Waals surface area contributed by atoms with Crippen LogP contribution in [-0.4, -0.2) is 11.7 Å². The van der Waals surface area contributed by atoms with E-state index in [1.165, 1.54) is 0 Å². The van der Waals surface area contributed by atoms with Gasteiger partial charge >= 0.3 is 0 Å². The van der Waals surface area contributed by atoms with Crippen LogP contribution in [0, 0.1) is 0 Å². The first-order valence-corrected chi connectivity index (χ1v) is 11.2. The van der Waals surface area contributed by atoms with Gasteiger partial charge in [0.25, 0.3) is 0 Å². The predicted molar refractivity (Wildman–Crippen MR) is 133 cm³/mol. The number of ketones is 1. The lowest BCUT2D eigenvalue weighted by molar-refractivity contribution is -0.119. The third kappa shape index (κ3) is 5.27. The summed E-state index contributed by atoms with van der Waals surface area (Å²) in [5, 5.41) is 0. The Morgan fingerprint density at radius 1 is 0.636 bits per heavy atom. The number of hydrogen-bond acceptors (Lipinski definition) is 2. The van der Waals surface area contributed by atoms with Crippen molar-refractivity contribution in [3.8, 4) is 0 Å². The number of para-hydroxylation sites is 1. The molecule has 0 spiro atoms. The first-order chi connectivity index (χ1) is 16.1. The van der Waals surface area contributed by atoms with Crippen molar-refractivity contribution in [2.75, 3.05) is 4.90 Å². The highest BCUT2D eigenvalue weighted by Gasteiger charge is 2.33. The number of amides is 1. The molecule has 0 aliphatic heterocycles. The van der Waals surface area contributed by atoms with Gasteiger partial charge in [0.1, 0.15) is 6.04 Å². The van der Waals surface area contributed by atoms with Crippen LogP contribution in [-0.2, 0) is 4.79 Å². The molecule has 0 bridgehead atoms. The van der Waals surface area contributed by atoms with Crippen LogP contribution < -0.4 is 4.90 Å². The molecule has 0 N–H and O–H groups in total. The Morgan fingerprint density at radius 2 is 1.09 bits per heavy atom. The van der Waals surface area contributed by atoms with E-state index >= 15 is 0 Å². The summed E-state index contributed by atoms with van der Waals surface area (Å²) >= 11 is 0. The molecule has 0 saturated heterocycles. The number of hydrogen-bond donors (Lipinski definition) is 0. The van der Waals surface area contributed by atoms with Crippen LogP contribution in [0.3, 0.4) is 0 Å². The average Bonchev–Trinajstić information content (AvgIpc) is 2.88. The summed E-state index contributed by atoms with van der Waals surface area (Å²) in [6.45, 7) is 2.05. The third-order valence-electron chi connectivity index (χ3n) is 5.83. The van der Waals surface area contributed by atoms with E-state index in [1.807, 2.05) is 116 Å². The molecule has 0 aromatic heterocycles. The second-order valence-corrected chi connectivity index (χ2v) is 8.16. The van der Waals surface area contributed by atoms with Crippen LogP contribution >= 0.6 is 0 Å². The minimum absolute atomic E-state index is 0.0214. The van der Waals surface area contributed by atoms with Crippen molar-refractivity contribution in [2.45, 2.75) is 25.3 Å². The van der Waals surface area contributed by atoms with E-state index in [4.69, 9.17) is 0 Å². The van der Waals surface area contributed by atoms with Gasteiger partial charge in [0, 0.05) is 17.7 Å². The zero-order chi connectivity index (χ0) is 23.0. The predicted octanol–water partition coefficient (Wildman–Crippen LogP) is 6.84. The minimum Gasteiger partial charge on any atom is -0.297 e. The summed E-state index contributed by atoms with van der Waals surface area (Å²) < 4.78 is 0. The Labute approximate surface area is 195 Å². The fourth-order valence-corrected chi connectivity index (χ4v) is 4.10. The highest BCUT2D eigenvalue weighted by Crippen LogP contribution is 2.33.